The Balaban J connectivity index is 2.35. The third-order valence-electron chi connectivity index (χ3n) is 3.16. The van der Waals surface area contributed by atoms with Gasteiger partial charge in [0.1, 0.15) is 11.8 Å². The molecule has 3 N–H and O–H groups in total. The van der Waals surface area contributed by atoms with Crippen molar-refractivity contribution in [2.24, 2.45) is 0 Å². The number of phenolic OH excluding ortho intramolecular Hbond substituents is 1. The van der Waals surface area contributed by atoms with Crippen LogP contribution >= 0.6 is 0 Å². The molecule has 0 heterocycles. The van der Waals surface area contributed by atoms with E-state index >= 15 is 0 Å². The summed E-state index contributed by atoms with van der Waals surface area (Å²) in [5, 5.41) is 22.8. The van der Waals surface area contributed by atoms with Crippen LogP contribution < -0.4 is 5.32 Å². The summed E-state index contributed by atoms with van der Waals surface area (Å²) in [5.74, 6) is -1.83. The first-order valence-corrected chi connectivity index (χ1v) is 6.29. The lowest BCUT2D eigenvalue weighted by Gasteiger charge is -2.13. The molecule has 0 spiro atoms. The van der Waals surface area contributed by atoms with Gasteiger partial charge in [-0.1, -0.05) is 37.3 Å². The Kier molecular flexibility index (Phi) is 3.89. The van der Waals surface area contributed by atoms with Crippen LogP contribution in [0.2, 0.25) is 0 Å². The second-order valence-corrected chi connectivity index (χ2v) is 4.46. The Morgan fingerprint density at radius 3 is 2.55 bits per heavy atom. The van der Waals surface area contributed by atoms with E-state index in [1.165, 1.54) is 6.07 Å². The molecule has 0 radical (unpaired) electrons. The third-order valence-corrected chi connectivity index (χ3v) is 3.16. The average Bonchev–Trinajstić information content (AvgIpc) is 2.44. The van der Waals surface area contributed by atoms with Crippen molar-refractivity contribution in [2.45, 2.75) is 19.4 Å². The number of hydrogen-bond acceptors (Lipinski definition) is 3. The second kappa shape index (κ2) is 5.61. The van der Waals surface area contributed by atoms with Gasteiger partial charge in [-0.15, -0.1) is 0 Å². The van der Waals surface area contributed by atoms with Crippen LogP contribution in [0.3, 0.4) is 0 Å². The molecule has 20 heavy (non-hydrogen) atoms. The highest BCUT2D eigenvalue weighted by Gasteiger charge is 2.21. The predicted molar refractivity (Wildman–Crippen MR) is 74.8 cm³/mol. The van der Waals surface area contributed by atoms with Gasteiger partial charge in [0.25, 0.3) is 5.91 Å². The summed E-state index contributed by atoms with van der Waals surface area (Å²) in [6, 6.07) is 9.36. The van der Waals surface area contributed by atoms with E-state index in [9.17, 15) is 14.7 Å². The van der Waals surface area contributed by atoms with Gasteiger partial charge in [0.05, 0.1) is 5.56 Å². The Bertz CT molecular complexity index is 666. The number of aromatic hydroxyl groups is 1. The first-order valence-electron chi connectivity index (χ1n) is 6.29. The molecule has 1 atom stereocenters. The number of benzene rings is 2. The molecule has 2 rings (SSSR count). The molecule has 104 valence electrons. The SMILES string of the molecule is CC[C@H](NC(=O)c1ccc2ccccc2c1O)C(=O)O. The fourth-order valence-electron chi connectivity index (χ4n) is 2.01. The van der Waals surface area contributed by atoms with Crippen LogP contribution in [0, 0.1) is 0 Å². The van der Waals surface area contributed by atoms with Crippen molar-refractivity contribution in [3.8, 4) is 5.75 Å². The summed E-state index contributed by atoms with van der Waals surface area (Å²) in [6.07, 6.45) is 0.273. The highest BCUT2D eigenvalue weighted by Crippen LogP contribution is 2.28. The van der Waals surface area contributed by atoms with Crippen LogP contribution in [-0.4, -0.2) is 28.1 Å². The number of rotatable bonds is 4. The zero-order valence-electron chi connectivity index (χ0n) is 11.0. The zero-order valence-corrected chi connectivity index (χ0v) is 11.0. The number of aliphatic carboxylic acids is 1. The molecule has 5 heteroatoms. The molecule has 5 nitrogen and oxygen atoms in total. The van der Waals surface area contributed by atoms with Crippen molar-refractivity contribution in [1.29, 1.82) is 0 Å². The van der Waals surface area contributed by atoms with Gasteiger partial charge in [0, 0.05) is 5.39 Å². The Hall–Kier alpha value is -2.56. The van der Waals surface area contributed by atoms with Crippen molar-refractivity contribution >= 4 is 22.6 Å². The standard InChI is InChI=1S/C15H15NO4/c1-2-12(15(19)20)16-14(18)11-8-7-9-5-3-4-6-10(9)13(11)17/h3-8,12,17H,2H2,1H3,(H,16,18)(H,19,20)/t12-/m0/s1. The molecule has 0 aromatic heterocycles. The van der Waals surface area contributed by atoms with Crippen LogP contribution in [0.5, 0.6) is 5.75 Å². The van der Waals surface area contributed by atoms with Crippen molar-refractivity contribution in [2.75, 3.05) is 0 Å². The van der Waals surface area contributed by atoms with Gasteiger partial charge in [-0.3, -0.25) is 4.79 Å². The van der Waals surface area contributed by atoms with Gasteiger partial charge < -0.3 is 15.5 Å². The molecule has 2 aromatic carbocycles. The van der Waals surface area contributed by atoms with Gasteiger partial charge >= 0.3 is 5.97 Å². The summed E-state index contributed by atoms with van der Waals surface area (Å²) in [5.41, 5.74) is 0.0726. The van der Waals surface area contributed by atoms with Gasteiger partial charge in [-0.05, 0) is 17.9 Å². The predicted octanol–water partition coefficient (Wildman–Crippen LogP) is 2.14. The van der Waals surface area contributed by atoms with Crippen molar-refractivity contribution in [3.05, 3.63) is 42.0 Å². The van der Waals surface area contributed by atoms with Gasteiger partial charge in [0.15, 0.2) is 0 Å². The average molecular weight is 273 g/mol. The molecule has 0 aliphatic rings. The monoisotopic (exact) mass is 273 g/mol. The van der Waals surface area contributed by atoms with E-state index in [2.05, 4.69) is 5.32 Å². The Morgan fingerprint density at radius 2 is 1.90 bits per heavy atom. The first kappa shape index (κ1) is 13.9. The van der Waals surface area contributed by atoms with Crippen LogP contribution in [-0.2, 0) is 4.79 Å². The number of carboxylic acid groups (broad SMARTS) is 1. The highest BCUT2D eigenvalue weighted by molar-refractivity contribution is 6.04. The van der Waals surface area contributed by atoms with E-state index in [1.807, 2.05) is 12.1 Å². The normalized spacial score (nSPS) is 12.1. The summed E-state index contributed by atoms with van der Waals surface area (Å²) in [7, 11) is 0. The number of phenols is 1. The highest BCUT2D eigenvalue weighted by atomic mass is 16.4. The van der Waals surface area contributed by atoms with E-state index in [0.29, 0.717) is 5.39 Å². The molecule has 0 unspecified atom stereocenters. The third kappa shape index (κ3) is 2.56. The van der Waals surface area contributed by atoms with Crippen molar-refractivity contribution in [3.63, 3.8) is 0 Å². The van der Waals surface area contributed by atoms with Crippen molar-refractivity contribution in [1.82, 2.24) is 5.32 Å². The summed E-state index contributed by atoms with van der Waals surface area (Å²) >= 11 is 0. The summed E-state index contributed by atoms with van der Waals surface area (Å²) in [4.78, 5) is 23.0. The number of carbonyl (C=O) groups excluding carboxylic acids is 1. The molecule has 0 aliphatic carbocycles. The van der Waals surface area contributed by atoms with Crippen molar-refractivity contribution < 1.29 is 19.8 Å². The molecule has 0 fully saturated rings. The molecule has 0 bridgehead atoms. The van der Waals surface area contributed by atoms with Gasteiger partial charge in [-0.25, -0.2) is 4.79 Å². The Morgan fingerprint density at radius 1 is 1.20 bits per heavy atom. The summed E-state index contributed by atoms with van der Waals surface area (Å²) < 4.78 is 0. The zero-order chi connectivity index (χ0) is 14.7. The van der Waals surface area contributed by atoms with Gasteiger partial charge in [0.2, 0.25) is 0 Å². The van der Waals surface area contributed by atoms with Gasteiger partial charge in [-0.2, -0.15) is 0 Å². The maximum Gasteiger partial charge on any atom is 0.326 e. The number of amides is 1. The topological polar surface area (TPSA) is 86.6 Å². The van der Waals surface area contributed by atoms with E-state index in [4.69, 9.17) is 5.11 Å². The van der Waals surface area contributed by atoms with Crippen LogP contribution in [0.1, 0.15) is 23.7 Å². The van der Waals surface area contributed by atoms with E-state index in [0.717, 1.165) is 5.39 Å². The quantitative estimate of drug-likeness (QED) is 0.796. The smallest absolute Gasteiger partial charge is 0.326 e. The number of carbonyl (C=O) groups is 2. The van der Waals surface area contributed by atoms with Crippen LogP contribution in [0.15, 0.2) is 36.4 Å². The minimum Gasteiger partial charge on any atom is -0.506 e. The lowest BCUT2D eigenvalue weighted by molar-refractivity contribution is -0.139. The summed E-state index contributed by atoms with van der Waals surface area (Å²) in [6.45, 7) is 1.67. The Labute approximate surface area is 115 Å². The molecular weight excluding hydrogens is 258 g/mol. The fourth-order valence-corrected chi connectivity index (χ4v) is 2.01. The molecule has 0 saturated carbocycles. The fraction of sp³-hybridized carbons (Fsp3) is 0.200. The maximum atomic E-state index is 12.0. The van der Waals surface area contributed by atoms with Crippen LogP contribution in [0.4, 0.5) is 0 Å². The first-order chi connectivity index (χ1) is 9.54. The van der Waals surface area contributed by atoms with E-state index in [-0.39, 0.29) is 17.7 Å². The maximum absolute atomic E-state index is 12.0. The lowest BCUT2D eigenvalue weighted by Crippen LogP contribution is -2.40. The minimum atomic E-state index is -1.10. The largest absolute Gasteiger partial charge is 0.506 e. The van der Waals surface area contributed by atoms with Crippen LogP contribution in [0.25, 0.3) is 10.8 Å². The lowest BCUT2D eigenvalue weighted by atomic mass is 10.0. The number of hydrogen-bond donors (Lipinski definition) is 3. The minimum absolute atomic E-state index is 0.0726. The molecular formula is C15H15NO4. The number of carboxylic acids is 1. The second-order valence-electron chi connectivity index (χ2n) is 4.46. The van der Waals surface area contributed by atoms with E-state index in [1.54, 1.807) is 25.1 Å². The molecule has 2 aromatic rings. The number of fused-ring (bicyclic) bond motifs is 1. The molecule has 0 saturated heterocycles. The number of nitrogens with one attached hydrogen (secondary N) is 1. The molecule has 0 aliphatic heterocycles. The molecule has 1 amide bonds. The van der Waals surface area contributed by atoms with E-state index < -0.39 is 17.9 Å².